The number of benzene rings is 1. The third kappa shape index (κ3) is 4.86. The fourth-order valence-corrected chi connectivity index (χ4v) is 4.27. The zero-order chi connectivity index (χ0) is 18.5. The second-order valence-corrected chi connectivity index (χ2v) is 8.41. The summed E-state index contributed by atoms with van der Waals surface area (Å²) in [5, 5.41) is 3.62. The maximum absolute atomic E-state index is 13.0. The highest BCUT2D eigenvalue weighted by atomic mass is 35.5. The first kappa shape index (κ1) is 18.9. The Kier molecular flexibility index (Phi) is 6.33. The molecule has 2 aromatic rings. The Morgan fingerprint density at radius 1 is 1.19 bits per heavy atom. The van der Waals surface area contributed by atoms with Crippen LogP contribution < -0.4 is 10.2 Å². The third-order valence-corrected chi connectivity index (χ3v) is 5.81. The molecule has 0 atom stereocenters. The number of amides is 2. The van der Waals surface area contributed by atoms with E-state index in [1.54, 1.807) is 30.3 Å². The van der Waals surface area contributed by atoms with Crippen molar-refractivity contribution in [3.05, 3.63) is 51.2 Å². The zero-order valence-electron chi connectivity index (χ0n) is 14.8. The maximum atomic E-state index is 13.0. The summed E-state index contributed by atoms with van der Waals surface area (Å²) in [7, 11) is 0. The number of rotatable bonds is 5. The molecule has 1 fully saturated rings. The molecular weight excluding hydrogens is 368 g/mol. The average molecular weight is 391 g/mol. The Morgan fingerprint density at radius 3 is 2.62 bits per heavy atom. The van der Waals surface area contributed by atoms with E-state index >= 15 is 0 Å². The van der Waals surface area contributed by atoms with Gasteiger partial charge in [-0.25, -0.2) is 0 Å². The molecule has 2 amide bonds. The largest absolute Gasteiger partial charge is 0.352 e. The van der Waals surface area contributed by atoms with E-state index in [1.807, 2.05) is 13.0 Å². The molecule has 1 aromatic heterocycles. The lowest BCUT2D eigenvalue weighted by atomic mass is 9.95. The Bertz CT molecular complexity index is 784. The molecule has 26 heavy (non-hydrogen) atoms. The number of hydrogen-bond donors (Lipinski definition) is 1. The van der Waals surface area contributed by atoms with Crippen molar-refractivity contribution in [3.63, 3.8) is 0 Å². The van der Waals surface area contributed by atoms with E-state index in [0.29, 0.717) is 15.6 Å². The van der Waals surface area contributed by atoms with Gasteiger partial charge in [0.1, 0.15) is 6.54 Å². The first-order valence-electron chi connectivity index (χ1n) is 8.96. The predicted molar refractivity (Wildman–Crippen MR) is 107 cm³/mol. The standard InChI is InChI=1S/C20H23ClN2O2S/c1-14-10-11-18(26-14)20(25)23(17-9-5-6-15(21)12-17)13-19(24)22-16-7-3-2-4-8-16/h5-6,9-12,16H,2-4,7-8,13H2,1H3,(H,22,24). The van der Waals surface area contributed by atoms with Crippen LogP contribution in [0.3, 0.4) is 0 Å². The average Bonchev–Trinajstić information content (AvgIpc) is 3.06. The molecule has 1 aromatic carbocycles. The monoisotopic (exact) mass is 390 g/mol. The Hall–Kier alpha value is -1.85. The minimum Gasteiger partial charge on any atom is -0.352 e. The molecule has 0 spiro atoms. The lowest BCUT2D eigenvalue weighted by molar-refractivity contribution is -0.120. The fraction of sp³-hybridized carbons (Fsp3) is 0.400. The molecule has 0 aliphatic heterocycles. The molecule has 1 aliphatic carbocycles. The van der Waals surface area contributed by atoms with Gasteiger partial charge in [0.2, 0.25) is 5.91 Å². The van der Waals surface area contributed by atoms with Gasteiger partial charge in [-0.2, -0.15) is 0 Å². The molecule has 1 saturated carbocycles. The van der Waals surface area contributed by atoms with E-state index < -0.39 is 0 Å². The molecule has 0 unspecified atom stereocenters. The second-order valence-electron chi connectivity index (χ2n) is 6.68. The molecule has 138 valence electrons. The highest BCUT2D eigenvalue weighted by Gasteiger charge is 2.24. The molecule has 6 heteroatoms. The summed E-state index contributed by atoms with van der Waals surface area (Å²) in [6, 6.07) is 11.0. The van der Waals surface area contributed by atoms with Crippen LogP contribution in [0.4, 0.5) is 5.69 Å². The van der Waals surface area contributed by atoms with E-state index in [1.165, 1.54) is 22.7 Å². The van der Waals surface area contributed by atoms with Crippen LogP contribution >= 0.6 is 22.9 Å². The van der Waals surface area contributed by atoms with Crippen molar-refractivity contribution in [1.82, 2.24) is 5.32 Å². The molecule has 3 rings (SSSR count). The fourth-order valence-electron chi connectivity index (χ4n) is 3.27. The summed E-state index contributed by atoms with van der Waals surface area (Å²) in [6.07, 6.45) is 5.56. The normalized spacial score (nSPS) is 14.8. The van der Waals surface area contributed by atoms with Gasteiger partial charge in [0, 0.05) is 21.6 Å². The number of nitrogens with zero attached hydrogens (tertiary/aromatic N) is 1. The van der Waals surface area contributed by atoms with Crippen molar-refractivity contribution >= 4 is 40.4 Å². The summed E-state index contributed by atoms with van der Waals surface area (Å²) in [4.78, 5) is 28.8. The minimum absolute atomic E-state index is 0.00732. The number of carbonyl (C=O) groups is 2. The van der Waals surface area contributed by atoms with Crippen molar-refractivity contribution in [2.24, 2.45) is 0 Å². The van der Waals surface area contributed by atoms with E-state index in [0.717, 1.165) is 30.6 Å². The smallest absolute Gasteiger partial charge is 0.268 e. The summed E-state index contributed by atoms with van der Waals surface area (Å²) < 4.78 is 0. The molecular formula is C20H23ClN2O2S. The first-order valence-corrected chi connectivity index (χ1v) is 10.2. The number of aryl methyl sites for hydroxylation is 1. The van der Waals surface area contributed by atoms with E-state index in [-0.39, 0.29) is 24.4 Å². The predicted octanol–water partition coefficient (Wildman–Crippen LogP) is 4.81. The molecule has 0 saturated heterocycles. The van der Waals surface area contributed by atoms with Gasteiger partial charge >= 0.3 is 0 Å². The van der Waals surface area contributed by atoms with Crippen molar-refractivity contribution in [2.45, 2.75) is 45.1 Å². The van der Waals surface area contributed by atoms with Crippen LogP contribution in [0, 0.1) is 6.92 Å². The summed E-state index contributed by atoms with van der Waals surface area (Å²) in [6.45, 7) is 1.95. The summed E-state index contributed by atoms with van der Waals surface area (Å²) in [5.74, 6) is -0.303. The van der Waals surface area contributed by atoms with E-state index in [2.05, 4.69) is 5.32 Å². The van der Waals surface area contributed by atoms with Crippen LogP contribution in [0.2, 0.25) is 5.02 Å². The summed E-state index contributed by atoms with van der Waals surface area (Å²) >= 11 is 7.53. The topological polar surface area (TPSA) is 49.4 Å². The Labute approximate surface area is 163 Å². The number of thiophene rings is 1. The van der Waals surface area contributed by atoms with Crippen molar-refractivity contribution < 1.29 is 9.59 Å². The SMILES string of the molecule is Cc1ccc(C(=O)N(CC(=O)NC2CCCCC2)c2cccc(Cl)c2)s1. The van der Waals surface area contributed by atoms with Crippen molar-refractivity contribution in [3.8, 4) is 0 Å². The van der Waals surface area contributed by atoms with Gasteiger partial charge in [-0.15, -0.1) is 11.3 Å². The molecule has 4 nitrogen and oxygen atoms in total. The Morgan fingerprint density at radius 2 is 1.96 bits per heavy atom. The van der Waals surface area contributed by atoms with Gasteiger partial charge in [0.15, 0.2) is 0 Å². The lowest BCUT2D eigenvalue weighted by Gasteiger charge is -2.26. The quantitative estimate of drug-likeness (QED) is 0.796. The van der Waals surface area contributed by atoms with E-state index in [4.69, 9.17) is 11.6 Å². The molecule has 0 bridgehead atoms. The van der Waals surface area contributed by atoms with E-state index in [9.17, 15) is 9.59 Å². The van der Waals surface area contributed by atoms with Crippen LogP contribution in [0.1, 0.15) is 46.7 Å². The number of halogens is 1. The van der Waals surface area contributed by atoms with Gasteiger partial charge < -0.3 is 5.32 Å². The van der Waals surface area contributed by atoms with Crippen LogP contribution in [0.15, 0.2) is 36.4 Å². The van der Waals surface area contributed by atoms with Crippen LogP contribution in [0.5, 0.6) is 0 Å². The third-order valence-electron chi connectivity index (χ3n) is 4.59. The van der Waals surface area contributed by atoms with Gasteiger partial charge in [0.05, 0.1) is 4.88 Å². The molecule has 1 N–H and O–H groups in total. The molecule has 1 heterocycles. The van der Waals surface area contributed by atoms with Crippen LogP contribution in [-0.4, -0.2) is 24.4 Å². The van der Waals surface area contributed by atoms with Crippen molar-refractivity contribution in [2.75, 3.05) is 11.4 Å². The number of carbonyl (C=O) groups excluding carboxylic acids is 2. The number of hydrogen-bond acceptors (Lipinski definition) is 3. The number of nitrogens with one attached hydrogen (secondary N) is 1. The number of anilines is 1. The van der Waals surface area contributed by atoms with Gasteiger partial charge in [-0.05, 0) is 50.1 Å². The highest BCUT2D eigenvalue weighted by molar-refractivity contribution is 7.14. The highest BCUT2D eigenvalue weighted by Crippen LogP contribution is 2.24. The second kappa shape index (κ2) is 8.69. The minimum atomic E-state index is -0.177. The van der Waals surface area contributed by atoms with Crippen LogP contribution in [0.25, 0.3) is 0 Å². The zero-order valence-corrected chi connectivity index (χ0v) is 16.4. The maximum Gasteiger partial charge on any atom is 0.268 e. The van der Waals surface area contributed by atoms with Gasteiger partial charge in [-0.1, -0.05) is 36.9 Å². The van der Waals surface area contributed by atoms with Gasteiger partial charge in [0.25, 0.3) is 5.91 Å². The lowest BCUT2D eigenvalue weighted by Crippen LogP contribution is -2.44. The van der Waals surface area contributed by atoms with Crippen LogP contribution in [-0.2, 0) is 4.79 Å². The molecule has 1 aliphatic rings. The van der Waals surface area contributed by atoms with Crippen molar-refractivity contribution in [1.29, 1.82) is 0 Å². The molecule has 0 radical (unpaired) electrons. The van der Waals surface area contributed by atoms with Gasteiger partial charge in [-0.3, -0.25) is 14.5 Å². The first-order chi connectivity index (χ1) is 12.5. The Balaban J connectivity index is 1.78. The summed E-state index contributed by atoms with van der Waals surface area (Å²) in [5.41, 5.74) is 0.632.